The van der Waals surface area contributed by atoms with Crippen LogP contribution < -0.4 is 5.44 Å². The summed E-state index contributed by atoms with van der Waals surface area (Å²) in [6.07, 6.45) is 1.50. The quantitative estimate of drug-likeness (QED) is 0.607. The molecule has 10 heavy (non-hydrogen) atoms. The van der Waals surface area contributed by atoms with Gasteiger partial charge in [0.25, 0.3) is 0 Å². The predicted molar refractivity (Wildman–Crippen MR) is 39.6 cm³/mol. The Labute approximate surface area is 59.2 Å². The van der Waals surface area contributed by atoms with E-state index in [1.165, 1.54) is 12.9 Å². The van der Waals surface area contributed by atoms with E-state index >= 15 is 0 Å². The molecule has 0 aromatic carbocycles. The molecule has 1 aromatic rings. The molecule has 0 radical (unpaired) electrons. The Balaban J connectivity index is 3.09. The fourth-order valence-electron chi connectivity index (χ4n) is 0.599. The van der Waals surface area contributed by atoms with Gasteiger partial charge in [0.1, 0.15) is 5.44 Å². The van der Waals surface area contributed by atoms with Crippen LogP contribution in [0.2, 0.25) is 0 Å². The highest BCUT2D eigenvalue weighted by atomic mass is 31.2. The Hall–Kier alpha value is -0.660. The lowest BCUT2D eigenvalue weighted by molar-refractivity contribution is 0.495. The lowest BCUT2D eigenvalue weighted by Crippen LogP contribution is -2.06. The topological polar surface area (TPSA) is 50.2 Å². The predicted octanol–water partition coefficient (Wildman–Crippen LogP) is 0.607. The Morgan fingerprint density at radius 3 is 2.60 bits per heavy atom. The molecule has 0 spiro atoms. The average Bonchev–Trinajstić information content (AvgIpc) is 1.88. The zero-order chi connectivity index (χ0) is 7.61. The summed E-state index contributed by atoms with van der Waals surface area (Å²) < 4.78 is 10.9. The molecule has 0 aliphatic heterocycles. The summed E-state index contributed by atoms with van der Waals surface area (Å²) in [5.74, 6) is 0. The van der Waals surface area contributed by atoms with E-state index in [1.54, 1.807) is 18.2 Å². The van der Waals surface area contributed by atoms with Crippen molar-refractivity contribution >= 4 is 12.8 Å². The summed E-state index contributed by atoms with van der Waals surface area (Å²) in [7, 11) is -3.13. The third kappa shape index (κ3) is 1.66. The van der Waals surface area contributed by atoms with Crippen LogP contribution in [0.1, 0.15) is 0 Å². The number of nitrogens with zero attached hydrogens (tertiary/aromatic N) is 1. The summed E-state index contributed by atoms with van der Waals surface area (Å²) in [5.41, 5.74) is 0.259. The molecule has 1 aromatic heterocycles. The maximum atomic E-state index is 10.9. The molecule has 4 heteroatoms. The normalized spacial score (nSPS) is 16.2. The molecule has 0 fully saturated rings. The van der Waals surface area contributed by atoms with Gasteiger partial charge in [-0.05, 0) is 12.1 Å². The van der Waals surface area contributed by atoms with Gasteiger partial charge in [-0.25, -0.2) is 0 Å². The van der Waals surface area contributed by atoms with Gasteiger partial charge in [0.15, 0.2) is 0 Å². The maximum Gasteiger partial charge on any atom is 0.244 e. The van der Waals surface area contributed by atoms with Gasteiger partial charge in [0, 0.05) is 12.9 Å². The second-order valence-corrected chi connectivity index (χ2v) is 4.28. The lowest BCUT2D eigenvalue weighted by atomic mass is 10.5. The Morgan fingerprint density at radius 2 is 2.30 bits per heavy atom. The first kappa shape index (κ1) is 7.45. The van der Waals surface area contributed by atoms with Crippen LogP contribution in [0.15, 0.2) is 24.4 Å². The monoisotopic (exact) mass is 157 g/mol. The van der Waals surface area contributed by atoms with E-state index in [9.17, 15) is 4.57 Å². The van der Waals surface area contributed by atoms with Gasteiger partial charge in [-0.3, -0.25) is 9.55 Å². The summed E-state index contributed by atoms with van der Waals surface area (Å²) in [5, 5.41) is 0. The zero-order valence-corrected chi connectivity index (χ0v) is 6.45. The van der Waals surface area contributed by atoms with Crippen LogP contribution >= 0.6 is 7.37 Å². The van der Waals surface area contributed by atoms with E-state index in [4.69, 9.17) is 4.89 Å². The molecule has 1 heterocycles. The van der Waals surface area contributed by atoms with Gasteiger partial charge in [-0.15, -0.1) is 0 Å². The van der Waals surface area contributed by atoms with Crippen molar-refractivity contribution in [1.82, 2.24) is 4.98 Å². The molecule has 0 saturated carbocycles. The third-order valence-electron chi connectivity index (χ3n) is 1.07. The minimum Gasteiger partial charge on any atom is -0.340 e. The lowest BCUT2D eigenvalue weighted by Gasteiger charge is -2.01. The SMILES string of the molecule is CP(=O)(O)c1ccccn1. The van der Waals surface area contributed by atoms with Crippen LogP contribution in [-0.2, 0) is 4.57 Å². The first-order valence-electron chi connectivity index (χ1n) is 2.82. The minimum atomic E-state index is -3.13. The Bertz CT molecular complexity index is 254. The van der Waals surface area contributed by atoms with Crippen LogP contribution in [0.25, 0.3) is 0 Å². The minimum absolute atomic E-state index is 0.259. The van der Waals surface area contributed by atoms with Crippen LogP contribution in [0.5, 0.6) is 0 Å². The molecular weight excluding hydrogens is 149 g/mol. The van der Waals surface area contributed by atoms with E-state index in [-0.39, 0.29) is 5.44 Å². The number of hydrogen-bond donors (Lipinski definition) is 1. The average molecular weight is 157 g/mol. The first-order chi connectivity index (χ1) is 4.61. The van der Waals surface area contributed by atoms with Gasteiger partial charge >= 0.3 is 0 Å². The van der Waals surface area contributed by atoms with E-state index in [1.807, 2.05) is 0 Å². The number of rotatable bonds is 1. The fraction of sp³-hybridized carbons (Fsp3) is 0.167. The van der Waals surface area contributed by atoms with Crippen LogP contribution in [0.3, 0.4) is 0 Å². The first-order valence-corrected chi connectivity index (χ1v) is 4.93. The van der Waals surface area contributed by atoms with E-state index < -0.39 is 7.37 Å². The molecule has 3 nitrogen and oxygen atoms in total. The summed E-state index contributed by atoms with van der Waals surface area (Å²) >= 11 is 0. The van der Waals surface area contributed by atoms with Crippen LogP contribution in [0.4, 0.5) is 0 Å². The van der Waals surface area contributed by atoms with Crippen molar-refractivity contribution in [3.8, 4) is 0 Å². The van der Waals surface area contributed by atoms with Crippen LogP contribution in [-0.4, -0.2) is 16.5 Å². The van der Waals surface area contributed by atoms with Crippen molar-refractivity contribution < 1.29 is 9.46 Å². The van der Waals surface area contributed by atoms with Crippen LogP contribution in [0, 0.1) is 0 Å². The Morgan fingerprint density at radius 1 is 1.60 bits per heavy atom. The highest BCUT2D eigenvalue weighted by molar-refractivity contribution is 7.65. The molecule has 0 saturated heterocycles. The second kappa shape index (κ2) is 2.52. The molecule has 0 aliphatic rings. The molecule has 0 aliphatic carbocycles. The molecule has 0 amide bonds. The molecule has 0 bridgehead atoms. The summed E-state index contributed by atoms with van der Waals surface area (Å²) in [6, 6.07) is 4.94. The van der Waals surface area contributed by atoms with Crippen molar-refractivity contribution in [2.75, 3.05) is 6.66 Å². The Kier molecular flexibility index (Phi) is 1.88. The molecule has 54 valence electrons. The van der Waals surface area contributed by atoms with Gasteiger partial charge in [-0.2, -0.15) is 0 Å². The largest absolute Gasteiger partial charge is 0.340 e. The number of pyridine rings is 1. The van der Waals surface area contributed by atoms with Gasteiger partial charge in [-0.1, -0.05) is 6.07 Å². The fourth-order valence-corrected chi connectivity index (χ4v) is 1.24. The van der Waals surface area contributed by atoms with Crippen molar-refractivity contribution in [2.24, 2.45) is 0 Å². The smallest absolute Gasteiger partial charge is 0.244 e. The number of aromatic nitrogens is 1. The molecular formula is C6H8NO2P. The maximum absolute atomic E-state index is 10.9. The molecule has 1 atom stereocenters. The van der Waals surface area contributed by atoms with Gasteiger partial charge < -0.3 is 4.89 Å². The van der Waals surface area contributed by atoms with Crippen molar-refractivity contribution in [1.29, 1.82) is 0 Å². The van der Waals surface area contributed by atoms with Gasteiger partial charge in [0.05, 0.1) is 0 Å². The van der Waals surface area contributed by atoms with E-state index in [0.29, 0.717) is 0 Å². The van der Waals surface area contributed by atoms with Crippen molar-refractivity contribution in [3.05, 3.63) is 24.4 Å². The molecule has 1 unspecified atom stereocenters. The summed E-state index contributed by atoms with van der Waals surface area (Å²) in [6.45, 7) is 1.27. The molecule has 1 N–H and O–H groups in total. The molecule has 1 rings (SSSR count). The van der Waals surface area contributed by atoms with Crippen molar-refractivity contribution in [2.45, 2.75) is 0 Å². The van der Waals surface area contributed by atoms with Gasteiger partial charge in [0.2, 0.25) is 7.37 Å². The standard InChI is InChI=1S/C6H8NO2P/c1-10(8,9)6-4-2-3-5-7-6/h2-5H,1H3,(H,8,9). The zero-order valence-electron chi connectivity index (χ0n) is 5.56. The highest BCUT2D eigenvalue weighted by Crippen LogP contribution is 2.31. The highest BCUT2D eigenvalue weighted by Gasteiger charge is 2.13. The van der Waals surface area contributed by atoms with E-state index in [0.717, 1.165) is 0 Å². The second-order valence-electron chi connectivity index (χ2n) is 2.07. The third-order valence-corrected chi connectivity index (χ3v) is 2.19. The van der Waals surface area contributed by atoms with Crippen molar-refractivity contribution in [3.63, 3.8) is 0 Å². The van der Waals surface area contributed by atoms with E-state index in [2.05, 4.69) is 4.98 Å². The number of hydrogen-bond acceptors (Lipinski definition) is 2. The summed E-state index contributed by atoms with van der Waals surface area (Å²) in [4.78, 5) is 12.7.